The standard InChI is InChI=1S/C15H33N3/c1-6-9-14(16-8-3)15(7-2)18-11-10-13(12-18)17(4)5/h13-16H,6-12H2,1-5H3. The van der Waals surface area contributed by atoms with Gasteiger partial charge in [0, 0.05) is 31.2 Å². The molecule has 3 atom stereocenters. The molecule has 18 heavy (non-hydrogen) atoms. The zero-order chi connectivity index (χ0) is 13.5. The van der Waals surface area contributed by atoms with Crippen LogP contribution >= 0.6 is 0 Å². The van der Waals surface area contributed by atoms with Crippen molar-refractivity contribution in [2.45, 2.75) is 64.6 Å². The average molecular weight is 255 g/mol. The molecule has 0 aliphatic carbocycles. The Morgan fingerprint density at radius 3 is 2.44 bits per heavy atom. The second-order valence-corrected chi connectivity index (χ2v) is 5.83. The van der Waals surface area contributed by atoms with Crippen molar-refractivity contribution in [3.63, 3.8) is 0 Å². The van der Waals surface area contributed by atoms with E-state index < -0.39 is 0 Å². The molecular formula is C15H33N3. The topological polar surface area (TPSA) is 18.5 Å². The highest BCUT2D eigenvalue weighted by atomic mass is 15.3. The van der Waals surface area contributed by atoms with Crippen molar-refractivity contribution in [1.82, 2.24) is 15.1 Å². The summed E-state index contributed by atoms with van der Waals surface area (Å²) in [6.45, 7) is 10.5. The van der Waals surface area contributed by atoms with E-state index in [0.29, 0.717) is 6.04 Å². The van der Waals surface area contributed by atoms with Crippen LogP contribution < -0.4 is 5.32 Å². The number of nitrogens with zero attached hydrogens (tertiary/aromatic N) is 2. The van der Waals surface area contributed by atoms with Crippen LogP contribution in [0.4, 0.5) is 0 Å². The Balaban J connectivity index is 2.58. The molecule has 3 unspecified atom stereocenters. The fraction of sp³-hybridized carbons (Fsp3) is 1.00. The van der Waals surface area contributed by atoms with E-state index in [4.69, 9.17) is 0 Å². The molecule has 1 heterocycles. The van der Waals surface area contributed by atoms with E-state index in [9.17, 15) is 0 Å². The maximum Gasteiger partial charge on any atom is 0.0247 e. The lowest BCUT2D eigenvalue weighted by Crippen LogP contribution is -2.49. The quantitative estimate of drug-likeness (QED) is 0.717. The van der Waals surface area contributed by atoms with Gasteiger partial charge in [-0.25, -0.2) is 0 Å². The molecule has 0 saturated carbocycles. The molecule has 3 nitrogen and oxygen atoms in total. The minimum absolute atomic E-state index is 0.672. The smallest absolute Gasteiger partial charge is 0.0247 e. The Morgan fingerprint density at radius 1 is 1.28 bits per heavy atom. The maximum atomic E-state index is 3.70. The SMILES string of the molecule is CCCC(NCC)C(CC)N1CCC(N(C)C)C1. The van der Waals surface area contributed by atoms with E-state index in [0.717, 1.165) is 18.6 Å². The first-order valence-electron chi connectivity index (χ1n) is 7.77. The number of likely N-dealkylation sites (tertiary alicyclic amines) is 1. The number of likely N-dealkylation sites (N-methyl/N-ethyl adjacent to an activating group) is 2. The third-order valence-electron chi connectivity index (χ3n) is 4.34. The van der Waals surface area contributed by atoms with Crippen LogP contribution in [0.2, 0.25) is 0 Å². The lowest BCUT2D eigenvalue weighted by atomic mass is 9.99. The van der Waals surface area contributed by atoms with Gasteiger partial charge < -0.3 is 10.2 Å². The van der Waals surface area contributed by atoms with Crippen LogP contribution in [0.3, 0.4) is 0 Å². The zero-order valence-electron chi connectivity index (χ0n) is 13.1. The van der Waals surface area contributed by atoms with Crippen molar-refractivity contribution in [1.29, 1.82) is 0 Å². The Morgan fingerprint density at radius 2 is 2.00 bits per heavy atom. The van der Waals surface area contributed by atoms with Gasteiger partial charge in [-0.1, -0.05) is 27.2 Å². The van der Waals surface area contributed by atoms with E-state index in [-0.39, 0.29) is 0 Å². The first kappa shape index (κ1) is 15.9. The highest BCUT2D eigenvalue weighted by molar-refractivity contribution is 4.90. The molecule has 108 valence electrons. The minimum atomic E-state index is 0.672. The van der Waals surface area contributed by atoms with Crippen LogP contribution in [-0.4, -0.2) is 61.7 Å². The van der Waals surface area contributed by atoms with Gasteiger partial charge in [-0.2, -0.15) is 0 Å². The van der Waals surface area contributed by atoms with Crippen LogP contribution in [-0.2, 0) is 0 Å². The summed E-state index contributed by atoms with van der Waals surface area (Å²) in [5.74, 6) is 0. The fourth-order valence-corrected chi connectivity index (χ4v) is 3.29. The van der Waals surface area contributed by atoms with E-state index >= 15 is 0 Å². The highest BCUT2D eigenvalue weighted by Crippen LogP contribution is 2.21. The number of hydrogen-bond donors (Lipinski definition) is 1. The summed E-state index contributed by atoms with van der Waals surface area (Å²) in [6, 6.07) is 2.14. The molecule has 0 aromatic heterocycles. The van der Waals surface area contributed by atoms with Gasteiger partial charge in [-0.05, 0) is 39.9 Å². The maximum absolute atomic E-state index is 3.70. The molecule has 1 fully saturated rings. The Labute approximate surface area is 114 Å². The van der Waals surface area contributed by atoms with Gasteiger partial charge >= 0.3 is 0 Å². The van der Waals surface area contributed by atoms with Crippen molar-refractivity contribution in [2.75, 3.05) is 33.7 Å². The monoisotopic (exact) mass is 255 g/mol. The lowest BCUT2D eigenvalue weighted by Gasteiger charge is -2.35. The van der Waals surface area contributed by atoms with Crippen molar-refractivity contribution in [2.24, 2.45) is 0 Å². The van der Waals surface area contributed by atoms with Gasteiger partial charge in [0.25, 0.3) is 0 Å². The molecule has 3 heteroatoms. The van der Waals surface area contributed by atoms with E-state index in [1.165, 1.54) is 38.8 Å². The zero-order valence-corrected chi connectivity index (χ0v) is 13.1. The second-order valence-electron chi connectivity index (χ2n) is 5.83. The largest absolute Gasteiger partial charge is 0.313 e. The van der Waals surface area contributed by atoms with Crippen LogP contribution in [0.1, 0.15) is 46.5 Å². The summed E-state index contributed by atoms with van der Waals surface area (Å²) in [7, 11) is 4.42. The predicted octanol–water partition coefficient (Wildman–Crippen LogP) is 2.18. The normalized spacial score (nSPS) is 24.7. The van der Waals surface area contributed by atoms with Crippen molar-refractivity contribution in [3.8, 4) is 0 Å². The van der Waals surface area contributed by atoms with E-state index in [2.05, 4.69) is 50.0 Å². The number of rotatable bonds is 8. The predicted molar refractivity (Wildman–Crippen MR) is 80.1 cm³/mol. The van der Waals surface area contributed by atoms with Crippen molar-refractivity contribution in [3.05, 3.63) is 0 Å². The Bertz CT molecular complexity index is 212. The Kier molecular flexibility index (Phi) is 7.20. The molecule has 1 N–H and O–H groups in total. The summed E-state index contributed by atoms with van der Waals surface area (Å²) in [5, 5.41) is 3.70. The molecule has 0 aromatic carbocycles. The number of nitrogens with one attached hydrogen (secondary N) is 1. The lowest BCUT2D eigenvalue weighted by molar-refractivity contribution is 0.166. The summed E-state index contributed by atoms with van der Waals surface area (Å²) >= 11 is 0. The number of hydrogen-bond acceptors (Lipinski definition) is 3. The molecule has 0 spiro atoms. The van der Waals surface area contributed by atoms with Crippen LogP contribution in [0, 0.1) is 0 Å². The third kappa shape index (κ3) is 4.22. The first-order chi connectivity index (χ1) is 8.63. The third-order valence-corrected chi connectivity index (χ3v) is 4.34. The first-order valence-corrected chi connectivity index (χ1v) is 7.77. The van der Waals surface area contributed by atoms with Crippen LogP contribution in [0.15, 0.2) is 0 Å². The van der Waals surface area contributed by atoms with Crippen molar-refractivity contribution >= 4 is 0 Å². The van der Waals surface area contributed by atoms with Crippen molar-refractivity contribution < 1.29 is 0 Å². The summed E-state index contributed by atoms with van der Waals surface area (Å²) < 4.78 is 0. The Hall–Kier alpha value is -0.120. The highest BCUT2D eigenvalue weighted by Gasteiger charge is 2.31. The van der Waals surface area contributed by atoms with Gasteiger partial charge in [-0.15, -0.1) is 0 Å². The molecule has 0 bridgehead atoms. The van der Waals surface area contributed by atoms with E-state index in [1.807, 2.05) is 0 Å². The molecule has 0 aromatic rings. The van der Waals surface area contributed by atoms with Gasteiger partial charge in [0.05, 0.1) is 0 Å². The summed E-state index contributed by atoms with van der Waals surface area (Å²) in [6.07, 6.45) is 5.17. The van der Waals surface area contributed by atoms with Gasteiger partial charge in [-0.3, -0.25) is 4.90 Å². The average Bonchev–Trinajstić information content (AvgIpc) is 2.80. The molecule has 1 saturated heterocycles. The van der Waals surface area contributed by atoms with Gasteiger partial charge in [0.15, 0.2) is 0 Å². The fourth-order valence-electron chi connectivity index (χ4n) is 3.29. The van der Waals surface area contributed by atoms with Gasteiger partial charge in [0.2, 0.25) is 0 Å². The molecule has 1 aliphatic rings. The van der Waals surface area contributed by atoms with Gasteiger partial charge in [0.1, 0.15) is 0 Å². The molecule has 0 radical (unpaired) electrons. The molecule has 1 aliphatic heterocycles. The van der Waals surface area contributed by atoms with Crippen LogP contribution in [0.5, 0.6) is 0 Å². The van der Waals surface area contributed by atoms with E-state index in [1.54, 1.807) is 0 Å². The van der Waals surface area contributed by atoms with Crippen LogP contribution in [0.25, 0.3) is 0 Å². The molecule has 0 amide bonds. The molecule has 1 rings (SSSR count). The summed E-state index contributed by atoms with van der Waals surface area (Å²) in [5.41, 5.74) is 0. The summed E-state index contributed by atoms with van der Waals surface area (Å²) in [4.78, 5) is 5.10. The molecular weight excluding hydrogens is 222 g/mol. The minimum Gasteiger partial charge on any atom is -0.313 e. The second kappa shape index (κ2) is 8.13.